The van der Waals surface area contributed by atoms with E-state index in [-0.39, 0.29) is 26.2 Å². The summed E-state index contributed by atoms with van der Waals surface area (Å²) in [7, 11) is 0. The van der Waals surface area contributed by atoms with Crippen LogP contribution in [0.25, 0.3) is 32.9 Å². The zero-order valence-corrected chi connectivity index (χ0v) is 20.2. The molecule has 2 nitrogen and oxygen atoms in total. The van der Waals surface area contributed by atoms with Crippen LogP contribution in [0, 0.1) is 6.38 Å². The average Bonchev–Trinajstić information content (AvgIpc) is 3.60. The minimum atomic E-state index is 0. The summed E-state index contributed by atoms with van der Waals surface area (Å²) in [4.78, 5) is 0. The van der Waals surface area contributed by atoms with Gasteiger partial charge in [0.25, 0.3) is 0 Å². The summed E-state index contributed by atoms with van der Waals surface area (Å²) in [6.07, 6.45) is 11.0. The molecular weight excluding hydrogens is 479 g/mol. The van der Waals surface area contributed by atoms with Gasteiger partial charge in [-0.25, -0.2) is 0 Å². The third kappa shape index (κ3) is 5.36. The van der Waals surface area contributed by atoms with Crippen LogP contribution in [0.3, 0.4) is 0 Å². The van der Waals surface area contributed by atoms with Crippen molar-refractivity contribution in [1.29, 1.82) is 0 Å². The molecule has 2 aromatic heterocycles. The van der Waals surface area contributed by atoms with Crippen molar-refractivity contribution in [3.63, 3.8) is 0 Å². The maximum atomic E-state index is 4.39. The van der Waals surface area contributed by atoms with E-state index in [1.807, 2.05) is 24.3 Å². The molecule has 0 aliphatic carbocycles. The second kappa shape index (κ2) is 11.1. The normalized spacial score (nSPS) is 10.0. The minimum absolute atomic E-state index is 0. The minimum Gasteiger partial charge on any atom is -0.352 e. The Labute approximate surface area is 207 Å². The van der Waals surface area contributed by atoms with Crippen LogP contribution >= 0.6 is 11.6 Å². The fourth-order valence-corrected chi connectivity index (χ4v) is 3.58. The van der Waals surface area contributed by atoms with Gasteiger partial charge in [0, 0.05) is 24.8 Å². The quantitative estimate of drug-likeness (QED) is 0.215. The summed E-state index contributed by atoms with van der Waals surface area (Å²) >= 11 is 4.39. The molecule has 6 rings (SSSR count). The summed E-state index contributed by atoms with van der Waals surface area (Å²) in [5, 5.41) is 5.21. The number of benzene rings is 2. The standard InChI is InChI=1S/2C13H10N.CH2Cl.Zr/c2*1-2-6-12-10-13(9-11(12)5-1)14-7-3-4-8-14;1-2;/h2*1-10H;1H2;/q3*-1;+3. The maximum absolute atomic E-state index is 4.39. The fourth-order valence-electron chi connectivity index (χ4n) is 3.58. The Morgan fingerprint density at radius 1 is 0.548 bits per heavy atom. The Morgan fingerprint density at radius 3 is 1.26 bits per heavy atom. The van der Waals surface area contributed by atoms with Crippen molar-refractivity contribution in [3.05, 3.63) is 128 Å². The summed E-state index contributed by atoms with van der Waals surface area (Å²) in [6, 6.07) is 33.8. The van der Waals surface area contributed by atoms with E-state index < -0.39 is 0 Å². The molecule has 31 heavy (non-hydrogen) atoms. The third-order valence-corrected chi connectivity index (χ3v) is 5.01. The molecule has 0 spiro atoms. The Balaban J connectivity index is 0.000000158. The zero-order chi connectivity index (χ0) is 20.8. The number of hydrogen-bond donors (Lipinski definition) is 0. The van der Waals surface area contributed by atoms with Gasteiger partial charge in [-0.15, -0.1) is 82.2 Å². The van der Waals surface area contributed by atoms with E-state index in [2.05, 4.69) is 125 Å². The van der Waals surface area contributed by atoms with Crippen LogP contribution in [0.4, 0.5) is 0 Å². The van der Waals surface area contributed by atoms with E-state index in [0.717, 1.165) is 0 Å². The van der Waals surface area contributed by atoms with Crippen LogP contribution in [0.5, 0.6) is 0 Å². The van der Waals surface area contributed by atoms with Crippen LogP contribution in [0.1, 0.15) is 0 Å². The van der Waals surface area contributed by atoms with Crippen molar-refractivity contribution in [3.8, 4) is 11.4 Å². The maximum Gasteiger partial charge on any atom is 3.00 e. The SMILES string of the molecule is [CH2-]Cl.[Zr+3].c1ccc2[cH-]c(-n3cccc3)cc2c1.c1ccc2[cH-]c(-n3cccc3)cc2c1. The molecule has 1 radical (unpaired) electrons. The zero-order valence-electron chi connectivity index (χ0n) is 17.0. The molecule has 0 unspecified atom stereocenters. The molecule has 0 aliphatic rings. The topological polar surface area (TPSA) is 9.86 Å². The predicted octanol–water partition coefficient (Wildman–Crippen LogP) is 7.71. The molecule has 0 saturated carbocycles. The van der Waals surface area contributed by atoms with Gasteiger partial charge in [0.1, 0.15) is 0 Å². The van der Waals surface area contributed by atoms with Gasteiger partial charge < -0.3 is 20.7 Å². The van der Waals surface area contributed by atoms with Crippen molar-refractivity contribution in [2.75, 3.05) is 0 Å². The Bertz CT molecular complexity index is 1140. The monoisotopic (exact) mass is 499 g/mol. The van der Waals surface area contributed by atoms with Crippen molar-refractivity contribution in [2.45, 2.75) is 0 Å². The number of rotatable bonds is 2. The van der Waals surface area contributed by atoms with Gasteiger partial charge in [0.05, 0.1) is 0 Å². The smallest absolute Gasteiger partial charge is 0.352 e. The van der Waals surface area contributed by atoms with E-state index in [1.54, 1.807) is 0 Å². The molecule has 0 bridgehead atoms. The third-order valence-electron chi connectivity index (χ3n) is 5.01. The molecule has 0 amide bonds. The molecule has 151 valence electrons. The Hall–Kier alpha value is -2.61. The predicted molar refractivity (Wildman–Crippen MR) is 129 cm³/mol. The number of aromatic nitrogens is 2. The van der Waals surface area contributed by atoms with Crippen LogP contribution in [-0.4, -0.2) is 9.13 Å². The molecule has 2 heterocycles. The van der Waals surface area contributed by atoms with Gasteiger partial charge in [-0.2, -0.15) is 0 Å². The van der Waals surface area contributed by atoms with Crippen molar-refractivity contribution >= 4 is 33.1 Å². The van der Waals surface area contributed by atoms with Gasteiger partial charge in [-0.1, -0.05) is 12.1 Å². The average molecular weight is 501 g/mol. The first-order chi connectivity index (χ1) is 14.9. The molecule has 0 atom stereocenters. The van der Waals surface area contributed by atoms with Crippen LogP contribution in [0.2, 0.25) is 0 Å². The first-order valence-corrected chi connectivity index (χ1v) is 10.2. The molecule has 6 aromatic rings. The van der Waals surface area contributed by atoms with E-state index in [1.165, 1.54) is 32.9 Å². The van der Waals surface area contributed by atoms with Crippen LogP contribution in [-0.2, 0) is 26.2 Å². The second-order valence-corrected chi connectivity index (χ2v) is 6.87. The van der Waals surface area contributed by atoms with Gasteiger partial charge in [0.15, 0.2) is 0 Å². The second-order valence-electron chi connectivity index (χ2n) is 6.87. The summed E-state index contributed by atoms with van der Waals surface area (Å²) in [5.41, 5.74) is 2.47. The number of hydrogen-bond acceptors (Lipinski definition) is 0. The Morgan fingerprint density at radius 2 is 0.903 bits per heavy atom. The molecular formula is C27H22ClN2Zr. The van der Waals surface area contributed by atoms with Gasteiger partial charge in [-0.3, -0.25) is 6.38 Å². The molecule has 4 aromatic carbocycles. The molecule has 4 heteroatoms. The fraction of sp³-hybridized carbons (Fsp3) is 0. The summed E-state index contributed by atoms with van der Waals surface area (Å²) in [6.45, 7) is 0. The van der Waals surface area contributed by atoms with Crippen LogP contribution < -0.4 is 0 Å². The van der Waals surface area contributed by atoms with E-state index in [4.69, 9.17) is 0 Å². The molecule has 0 N–H and O–H groups in total. The van der Waals surface area contributed by atoms with Crippen molar-refractivity contribution in [1.82, 2.24) is 9.13 Å². The van der Waals surface area contributed by atoms with E-state index >= 15 is 0 Å². The van der Waals surface area contributed by atoms with Gasteiger partial charge >= 0.3 is 26.2 Å². The summed E-state index contributed by atoms with van der Waals surface area (Å²) < 4.78 is 4.25. The van der Waals surface area contributed by atoms with Gasteiger partial charge in [0.2, 0.25) is 0 Å². The van der Waals surface area contributed by atoms with E-state index in [9.17, 15) is 0 Å². The molecule has 0 saturated heterocycles. The Kier molecular flexibility index (Phi) is 8.29. The first kappa shape index (κ1) is 23.1. The molecule has 0 fully saturated rings. The first-order valence-electron chi connectivity index (χ1n) is 9.71. The number of fused-ring (bicyclic) bond motifs is 2. The number of nitrogens with zero attached hydrogens (tertiary/aromatic N) is 2. The largest absolute Gasteiger partial charge is 3.00 e. The van der Waals surface area contributed by atoms with Crippen molar-refractivity contribution in [2.24, 2.45) is 0 Å². The van der Waals surface area contributed by atoms with Gasteiger partial charge in [-0.05, 0) is 35.6 Å². The number of halogens is 1. The van der Waals surface area contributed by atoms with Crippen LogP contribution in [0.15, 0.2) is 122 Å². The van der Waals surface area contributed by atoms with Crippen molar-refractivity contribution < 1.29 is 26.2 Å². The van der Waals surface area contributed by atoms with E-state index in [0.29, 0.717) is 0 Å². The summed E-state index contributed by atoms with van der Waals surface area (Å²) in [5.74, 6) is 0. The molecule has 0 aliphatic heterocycles.